The van der Waals surface area contributed by atoms with Crippen LogP contribution in [0.1, 0.15) is 48.4 Å². The Labute approximate surface area is 331 Å². The highest BCUT2D eigenvalue weighted by molar-refractivity contribution is 7.41. The third-order valence-electron chi connectivity index (χ3n) is 8.92. The van der Waals surface area contributed by atoms with Gasteiger partial charge in [0.05, 0.1) is 91.5 Å². The quantitative estimate of drug-likeness (QED) is 0.113. The Morgan fingerprint density at radius 2 is 0.818 bits per heavy atom. The van der Waals surface area contributed by atoms with E-state index in [0.29, 0.717) is 22.6 Å². The Morgan fingerprint density at radius 1 is 0.455 bits per heavy atom. The molecule has 11 heteroatoms. The van der Waals surface area contributed by atoms with Crippen LogP contribution in [-0.4, -0.2) is 52.6 Å². The van der Waals surface area contributed by atoms with E-state index in [2.05, 4.69) is 0 Å². The minimum absolute atomic E-state index is 0.0717. The van der Waals surface area contributed by atoms with Gasteiger partial charge in [0.2, 0.25) is 0 Å². The molecule has 0 aliphatic carbocycles. The van der Waals surface area contributed by atoms with Crippen molar-refractivity contribution in [2.75, 3.05) is 28.4 Å². The van der Waals surface area contributed by atoms with E-state index in [-0.39, 0.29) is 12.2 Å². The number of hydrogen-bond donors (Lipinski definition) is 0. The van der Waals surface area contributed by atoms with Crippen LogP contribution in [0.15, 0.2) is 84.9 Å². The lowest BCUT2D eigenvalue weighted by molar-refractivity contribution is 0.0592. The summed E-state index contributed by atoms with van der Waals surface area (Å²) in [6.45, 7) is 8.03. The third kappa shape index (κ3) is 7.03. The molecule has 0 radical (unpaired) electrons. The topological polar surface area (TPSA) is 89.5 Å². The number of hydrogen-bond acceptors (Lipinski definition) is 11. The van der Waals surface area contributed by atoms with E-state index < -0.39 is 11.9 Å². The van der Waals surface area contributed by atoms with Crippen molar-refractivity contribution < 1.29 is 38.0 Å². The van der Waals surface area contributed by atoms with Gasteiger partial charge in [-0.2, -0.15) is 0 Å². The molecule has 7 rings (SSSR count). The van der Waals surface area contributed by atoms with Crippen molar-refractivity contribution in [1.82, 2.24) is 0 Å². The van der Waals surface area contributed by atoms with E-state index in [9.17, 15) is 9.59 Å². The number of ether oxygens (including phenoxy) is 6. The number of methoxy groups -OCH3 is 4. The average molecular weight is 793 g/mol. The minimum atomic E-state index is -0.399. The molecule has 0 saturated heterocycles. The van der Waals surface area contributed by atoms with Gasteiger partial charge >= 0.3 is 11.9 Å². The molecule has 3 aromatic heterocycles. The predicted octanol–water partition coefficient (Wildman–Crippen LogP) is 12.0. The summed E-state index contributed by atoms with van der Waals surface area (Å²) >= 11 is 5.08. The van der Waals surface area contributed by atoms with E-state index in [1.165, 1.54) is 14.2 Å². The summed E-state index contributed by atoms with van der Waals surface area (Å²) in [6, 6.07) is 26.8. The first-order valence-corrected chi connectivity index (χ1v) is 20.1. The molecule has 0 bridgehead atoms. The maximum atomic E-state index is 12.5. The molecular formula is C44H40O8S3. The highest BCUT2D eigenvalue weighted by atomic mass is 32.1. The fourth-order valence-electron chi connectivity index (χ4n) is 6.60. The molecule has 0 aliphatic rings. The Hall–Kier alpha value is -5.36. The summed E-state index contributed by atoms with van der Waals surface area (Å²) in [6.07, 6.45) is -0.143. The van der Waals surface area contributed by atoms with E-state index >= 15 is 0 Å². The van der Waals surface area contributed by atoms with Crippen LogP contribution in [0.3, 0.4) is 0 Å². The van der Waals surface area contributed by atoms with Crippen molar-refractivity contribution in [3.05, 3.63) is 96.1 Å². The van der Waals surface area contributed by atoms with E-state index in [4.69, 9.17) is 28.4 Å². The zero-order valence-electron chi connectivity index (χ0n) is 31.7. The molecule has 3 heterocycles. The largest absolute Gasteiger partial charge is 0.496 e. The highest BCUT2D eigenvalue weighted by Gasteiger charge is 2.30. The molecule has 282 valence electrons. The Balaban J connectivity index is 1.58. The highest BCUT2D eigenvalue weighted by Crippen LogP contribution is 2.60. The van der Waals surface area contributed by atoms with Crippen LogP contribution in [0.5, 0.6) is 23.0 Å². The van der Waals surface area contributed by atoms with Gasteiger partial charge < -0.3 is 28.4 Å². The summed E-state index contributed by atoms with van der Waals surface area (Å²) in [5.41, 5.74) is 6.55. The maximum absolute atomic E-state index is 12.5. The van der Waals surface area contributed by atoms with Gasteiger partial charge in [-0.25, -0.2) is 9.59 Å². The number of carbonyl (C=O) groups excluding carboxylic acids is 2. The summed E-state index contributed by atoms with van der Waals surface area (Å²) in [7, 11) is 6.10. The van der Waals surface area contributed by atoms with E-state index in [1.54, 1.807) is 72.5 Å². The van der Waals surface area contributed by atoms with Gasteiger partial charge in [0.25, 0.3) is 0 Å². The van der Waals surface area contributed by atoms with E-state index in [1.807, 2.05) is 88.4 Å². The number of carbonyl (C=O) groups is 2. The van der Waals surface area contributed by atoms with Gasteiger partial charge in [-0.15, -0.1) is 34.0 Å². The molecular weight excluding hydrogens is 753 g/mol. The van der Waals surface area contributed by atoms with Gasteiger partial charge in [-0.1, -0.05) is 36.4 Å². The number of benzene rings is 4. The maximum Gasteiger partial charge on any atom is 0.337 e. The van der Waals surface area contributed by atoms with Crippen LogP contribution in [0.2, 0.25) is 0 Å². The van der Waals surface area contributed by atoms with Crippen molar-refractivity contribution in [2.45, 2.75) is 39.9 Å². The molecule has 0 fully saturated rings. The fraction of sp³-hybridized carbons (Fsp3) is 0.227. The smallest absolute Gasteiger partial charge is 0.337 e. The lowest BCUT2D eigenvalue weighted by Crippen LogP contribution is -2.07. The number of esters is 2. The monoisotopic (exact) mass is 792 g/mol. The van der Waals surface area contributed by atoms with Gasteiger partial charge in [0.1, 0.15) is 23.0 Å². The fourth-order valence-corrected chi connectivity index (χ4v) is 11.3. The van der Waals surface area contributed by atoms with Crippen LogP contribution in [0.25, 0.3) is 61.9 Å². The van der Waals surface area contributed by atoms with Crippen LogP contribution < -0.4 is 18.9 Å². The number of rotatable bonds is 12. The van der Waals surface area contributed by atoms with Gasteiger partial charge in [-0.3, -0.25) is 0 Å². The van der Waals surface area contributed by atoms with Crippen molar-refractivity contribution in [3.8, 4) is 66.1 Å². The molecule has 55 heavy (non-hydrogen) atoms. The molecule has 0 saturated carbocycles. The summed E-state index contributed by atoms with van der Waals surface area (Å²) in [5.74, 6) is 2.02. The molecule has 8 nitrogen and oxygen atoms in total. The number of thiophene rings is 3. The van der Waals surface area contributed by atoms with Crippen molar-refractivity contribution in [3.63, 3.8) is 0 Å². The lowest BCUT2D eigenvalue weighted by atomic mass is 9.99. The Morgan fingerprint density at radius 3 is 1.15 bits per heavy atom. The van der Waals surface area contributed by atoms with Crippen LogP contribution in [0, 0.1) is 0 Å². The second-order valence-corrected chi connectivity index (χ2v) is 16.2. The molecule has 0 aliphatic heterocycles. The lowest BCUT2D eigenvalue weighted by Gasteiger charge is -2.17. The van der Waals surface area contributed by atoms with E-state index in [0.717, 1.165) is 73.4 Å². The van der Waals surface area contributed by atoms with Crippen LogP contribution in [-0.2, 0) is 9.47 Å². The van der Waals surface area contributed by atoms with Crippen molar-refractivity contribution >= 4 is 64.7 Å². The zero-order chi connectivity index (χ0) is 39.0. The van der Waals surface area contributed by atoms with Crippen LogP contribution >= 0.6 is 34.0 Å². The summed E-state index contributed by atoms with van der Waals surface area (Å²) < 4.78 is 39.2. The van der Waals surface area contributed by atoms with Crippen LogP contribution in [0.4, 0.5) is 0 Å². The standard InChI is InChI=1S/C44H40O8S3/c1-23(2)51-31-13-9-11-29(47-5)35(31)37-33(25-15-19-27(20-16-25)43(45)49-7)39-41(53-37)42-40(55-39)34(26-17-21-28(22-18-26)44(46)50-8)38(54-42)36-30(48-6)12-10-14-32(36)52-24(3)4/h9-24H,1-8H3. The van der Waals surface area contributed by atoms with Gasteiger partial charge in [0, 0.05) is 11.1 Å². The van der Waals surface area contributed by atoms with Gasteiger partial charge in [-0.05, 0) is 87.4 Å². The SMILES string of the molecule is COC(=O)c1ccc(-c2c(-c3c(OC)cccc3OC(C)C)sc3c2sc2c(-c4ccc(C(=O)OC)cc4)c(-c4c(OC)cccc4OC(C)C)sc23)cc1. The predicted molar refractivity (Wildman–Crippen MR) is 224 cm³/mol. The molecule has 0 amide bonds. The second kappa shape index (κ2) is 15.8. The second-order valence-electron chi connectivity index (χ2n) is 13.2. The molecule has 0 atom stereocenters. The first kappa shape index (κ1) is 37.9. The summed E-state index contributed by atoms with van der Waals surface area (Å²) in [5, 5.41) is 0. The average Bonchev–Trinajstić information content (AvgIpc) is 3.85. The molecule has 7 aromatic rings. The molecule has 0 N–H and O–H groups in total. The van der Waals surface area contributed by atoms with Crippen molar-refractivity contribution in [2.24, 2.45) is 0 Å². The Bertz CT molecular complexity index is 2350. The summed E-state index contributed by atoms with van der Waals surface area (Å²) in [4.78, 5) is 26.9. The first-order valence-electron chi connectivity index (χ1n) is 17.7. The number of fused-ring (bicyclic) bond motifs is 3. The normalized spacial score (nSPS) is 11.4. The molecule has 0 unspecified atom stereocenters. The molecule has 4 aromatic carbocycles. The minimum Gasteiger partial charge on any atom is -0.496 e. The van der Waals surface area contributed by atoms with Crippen molar-refractivity contribution in [1.29, 1.82) is 0 Å². The molecule has 0 spiro atoms. The first-order chi connectivity index (χ1) is 26.6. The Kier molecular flexibility index (Phi) is 10.9. The third-order valence-corrected chi connectivity index (χ3v) is 13.0. The zero-order valence-corrected chi connectivity index (χ0v) is 34.2. The van der Waals surface area contributed by atoms with Gasteiger partial charge in [0.15, 0.2) is 0 Å².